The molecule has 1 heterocycles. The normalized spacial score (nSPS) is 11.9. The maximum absolute atomic E-state index is 12.7. The fraction of sp³-hybridized carbons (Fsp3) is 0.158. The third-order valence-corrected chi connectivity index (χ3v) is 3.87. The standard InChI is InChI=1S/C19H19N3O3/c23-13-15(12-14-6-8-16(24)9-7-14)21-19(25)17-4-1-2-5-18(17)22-11-3-10-20-22/h1-11,15,23-24H,12-13H2,(H,21,25)/t15-/m0/s1. The summed E-state index contributed by atoms with van der Waals surface area (Å²) in [6, 6.07) is 15.2. The number of para-hydroxylation sites is 1. The molecule has 0 aliphatic carbocycles. The minimum Gasteiger partial charge on any atom is -0.508 e. The molecule has 0 radical (unpaired) electrons. The molecule has 3 N–H and O–H groups in total. The Kier molecular flexibility index (Phi) is 5.11. The molecule has 1 atom stereocenters. The van der Waals surface area contributed by atoms with E-state index in [1.54, 1.807) is 59.5 Å². The molecule has 0 spiro atoms. The van der Waals surface area contributed by atoms with Crippen LogP contribution in [0.25, 0.3) is 5.69 Å². The van der Waals surface area contributed by atoms with E-state index in [0.29, 0.717) is 17.7 Å². The van der Waals surface area contributed by atoms with Gasteiger partial charge in [0.25, 0.3) is 5.91 Å². The average Bonchev–Trinajstić information content (AvgIpc) is 3.17. The minimum absolute atomic E-state index is 0.182. The Hall–Kier alpha value is -3.12. The van der Waals surface area contributed by atoms with Gasteiger partial charge in [-0.1, -0.05) is 24.3 Å². The van der Waals surface area contributed by atoms with E-state index in [0.717, 1.165) is 5.56 Å². The number of carbonyl (C=O) groups excluding carboxylic acids is 1. The molecule has 0 saturated carbocycles. The van der Waals surface area contributed by atoms with E-state index in [2.05, 4.69) is 10.4 Å². The van der Waals surface area contributed by atoms with Crippen LogP contribution in [0.4, 0.5) is 0 Å². The number of rotatable bonds is 6. The van der Waals surface area contributed by atoms with Crippen molar-refractivity contribution in [2.45, 2.75) is 12.5 Å². The van der Waals surface area contributed by atoms with Gasteiger partial charge in [-0.05, 0) is 42.3 Å². The molecule has 3 aromatic rings. The molecule has 0 unspecified atom stereocenters. The summed E-state index contributed by atoms with van der Waals surface area (Å²) < 4.78 is 1.63. The van der Waals surface area contributed by atoms with Gasteiger partial charge in [0.15, 0.2) is 0 Å². The molecule has 25 heavy (non-hydrogen) atoms. The Morgan fingerprint density at radius 1 is 1.12 bits per heavy atom. The predicted octanol–water partition coefficient (Wildman–Crippen LogP) is 1.91. The number of phenolic OH excluding ortho intramolecular Hbond substituents is 1. The summed E-state index contributed by atoms with van der Waals surface area (Å²) in [6.45, 7) is -0.184. The van der Waals surface area contributed by atoms with E-state index in [1.807, 2.05) is 12.1 Å². The van der Waals surface area contributed by atoms with Crippen molar-refractivity contribution in [1.82, 2.24) is 15.1 Å². The summed E-state index contributed by atoms with van der Waals surface area (Å²) in [5.74, 6) is -0.0922. The third-order valence-electron chi connectivity index (χ3n) is 3.87. The van der Waals surface area contributed by atoms with E-state index < -0.39 is 6.04 Å². The highest BCUT2D eigenvalue weighted by Crippen LogP contribution is 2.15. The Morgan fingerprint density at radius 2 is 1.88 bits per heavy atom. The van der Waals surface area contributed by atoms with Gasteiger partial charge in [0.1, 0.15) is 5.75 Å². The number of aliphatic hydroxyl groups excluding tert-OH is 1. The van der Waals surface area contributed by atoms with Crippen LogP contribution in [0.2, 0.25) is 0 Å². The maximum atomic E-state index is 12.7. The van der Waals surface area contributed by atoms with Crippen LogP contribution in [0, 0.1) is 0 Å². The maximum Gasteiger partial charge on any atom is 0.253 e. The van der Waals surface area contributed by atoms with E-state index in [4.69, 9.17) is 0 Å². The zero-order valence-corrected chi connectivity index (χ0v) is 13.5. The number of nitrogens with zero attached hydrogens (tertiary/aromatic N) is 2. The molecule has 6 heteroatoms. The molecule has 1 aromatic heterocycles. The van der Waals surface area contributed by atoms with Gasteiger partial charge in [0, 0.05) is 12.4 Å². The first-order valence-corrected chi connectivity index (χ1v) is 7.96. The largest absolute Gasteiger partial charge is 0.508 e. The number of aliphatic hydroxyl groups is 1. The van der Waals surface area contributed by atoms with E-state index in [-0.39, 0.29) is 18.3 Å². The topological polar surface area (TPSA) is 87.4 Å². The van der Waals surface area contributed by atoms with Crippen LogP contribution in [0.3, 0.4) is 0 Å². The summed E-state index contributed by atoms with van der Waals surface area (Å²) in [4.78, 5) is 12.7. The van der Waals surface area contributed by atoms with Gasteiger partial charge in [-0.15, -0.1) is 0 Å². The average molecular weight is 337 g/mol. The first-order valence-electron chi connectivity index (χ1n) is 7.96. The Labute approximate surface area is 145 Å². The number of hydrogen-bond acceptors (Lipinski definition) is 4. The van der Waals surface area contributed by atoms with Crippen LogP contribution in [0.15, 0.2) is 67.0 Å². The van der Waals surface area contributed by atoms with Gasteiger partial charge in [-0.25, -0.2) is 4.68 Å². The van der Waals surface area contributed by atoms with Crippen molar-refractivity contribution in [2.24, 2.45) is 0 Å². The summed E-state index contributed by atoms with van der Waals surface area (Å²) in [6.07, 6.45) is 3.88. The highest BCUT2D eigenvalue weighted by atomic mass is 16.3. The van der Waals surface area contributed by atoms with Crippen molar-refractivity contribution >= 4 is 5.91 Å². The number of aromatic nitrogens is 2. The van der Waals surface area contributed by atoms with Crippen LogP contribution in [0.5, 0.6) is 5.75 Å². The van der Waals surface area contributed by atoms with Gasteiger partial charge in [-0.3, -0.25) is 4.79 Å². The van der Waals surface area contributed by atoms with Crippen molar-refractivity contribution < 1.29 is 15.0 Å². The second-order valence-electron chi connectivity index (χ2n) is 5.69. The van der Waals surface area contributed by atoms with Gasteiger partial charge < -0.3 is 15.5 Å². The van der Waals surface area contributed by atoms with Gasteiger partial charge >= 0.3 is 0 Å². The first kappa shape index (κ1) is 16.7. The smallest absolute Gasteiger partial charge is 0.253 e. The Balaban J connectivity index is 1.76. The van der Waals surface area contributed by atoms with Crippen LogP contribution >= 0.6 is 0 Å². The molecule has 0 saturated heterocycles. The SMILES string of the molecule is O=C(N[C@H](CO)Cc1ccc(O)cc1)c1ccccc1-n1cccn1. The molecule has 1 amide bonds. The molecule has 3 rings (SSSR count). The fourth-order valence-electron chi connectivity index (χ4n) is 2.62. The summed E-state index contributed by atoms with van der Waals surface area (Å²) >= 11 is 0. The first-order chi connectivity index (χ1) is 12.2. The quantitative estimate of drug-likeness (QED) is 0.641. The molecule has 6 nitrogen and oxygen atoms in total. The molecule has 0 aliphatic rings. The van der Waals surface area contributed by atoms with Gasteiger partial charge in [-0.2, -0.15) is 5.10 Å². The Morgan fingerprint density at radius 3 is 2.56 bits per heavy atom. The number of amides is 1. The minimum atomic E-state index is -0.428. The summed E-state index contributed by atoms with van der Waals surface area (Å²) in [7, 11) is 0. The molecule has 0 bridgehead atoms. The van der Waals surface area contributed by atoms with Crippen LogP contribution < -0.4 is 5.32 Å². The van der Waals surface area contributed by atoms with Gasteiger partial charge in [0.05, 0.1) is 23.9 Å². The molecular formula is C19H19N3O3. The van der Waals surface area contributed by atoms with Crippen LogP contribution in [-0.2, 0) is 6.42 Å². The number of benzene rings is 2. The lowest BCUT2D eigenvalue weighted by atomic mass is 10.1. The van der Waals surface area contributed by atoms with Crippen LogP contribution in [-0.4, -0.2) is 38.5 Å². The number of aromatic hydroxyl groups is 1. The highest BCUT2D eigenvalue weighted by molar-refractivity contribution is 5.97. The lowest BCUT2D eigenvalue weighted by Gasteiger charge is -2.18. The number of phenols is 1. The molecule has 2 aromatic carbocycles. The number of nitrogens with one attached hydrogen (secondary N) is 1. The second-order valence-corrected chi connectivity index (χ2v) is 5.69. The van der Waals surface area contributed by atoms with Crippen molar-refractivity contribution in [1.29, 1.82) is 0 Å². The van der Waals surface area contributed by atoms with Crippen molar-refractivity contribution in [3.8, 4) is 11.4 Å². The number of carbonyl (C=O) groups is 1. The molecule has 0 fully saturated rings. The highest BCUT2D eigenvalue weighted by Gasteiger charge is 2.17. The lowest BCUT2D eigenvalue weighted by molar-refractivity contribution is 0.0916. The van der Waals surface area contributed by atoms with Gasteiger partial charge in [0.2, 0.25) is 0 Å². The van der Waals surface area contributed by atoms with Crippen molar-refractivity contribution in [3.63, 3.8) is 0 Å². The van der Waals surface area contributed by atoms with E-state index in [1.165, 1.54) is 0 Å². The predicted molar refractivity (Wildman–Crippen MR) is 93.7 cm³/mol. The molecular weight excluding hydrogens is 318 g/mol. The molecule has 0 aliphatic heterocycles. The fourth-order valence-corrected chi connectivity index (χ4v) is 2.62. The third kappa shape index (κ3) is 4.05. The van der Waals surface area contributed by atoms with E-state index in [9.17, 15) is 15.0 Å². The zero-order valence-electron chi connectivity index (χ0n) is 13.5. The van der Waals surface area contributed by atoms with Crippen LogP contribution in [0.1, 0.15) is 15.9 Å². The van der Waals surface area contributed by atoms with Crippen molar-refractivity contribution in [3.05, 3.63) is 78.1 Å². The van der Waals surface area contributed by atoms with E-state index >= 15 is 0 Å². The summed E-state index contributed by atoms with van der Waals surface area (Å²) in [5, 5.41) is 26.0. The second kappa shape index (κ2) is 7.63. The van der Waals surface area contributed by atoms with Crippen molar-refractivity contribution in [2.75, 3.05) is 6.61 Å². The molecule has 128 valence electrons. The lowest BCUT2D eigenvalue weighted by Crippen LogP contribution is -2.39. The monoisotopic (exact) mass is 337 g/mol. The summed E-state index contributed by atoms with van der Waals surface area (Å²) in [5.41, 5.74) is 2.07. The number of hydrogen-bond donors (Lipinski definition) is 3. The Bertz CT molecular complexity index is 829. The zero-order chi connectivity index (χ0) is 17.6.